The van der Waals surface area contributed by atoms with Crippen molar-refractivity contribution in [1.82, 2.24) is 9.66 Å². The molecule has 3 aromatic carbocycles. The van der Waals surface area contributed by atoms with E-state index < -0.39 is 17.4 Å². The number of rotatable bonds is 9. The first-order valence-electron chi connectivity index (χ1n) is 11.9. The van der Waals surface area contributed by atoms with Crippen LogP contribution in [0.1, 0.15) is 30.3 Å². The van der Waals surface area contributed by atoms with Gasteiger partial charge in [0.2, 0.25) is 5.75 Å². The molecule has 1 heterocycles. The lowest BCUT2D eigenvalue weighted by Crippen LogP contribution is -2.23. The molecule has 0 saturated carbocycles. The lowest BCUT2D eigenvalue weighted by atomic mass is 10.2. The van der Waals surface area contributed by atoms with Crippen LogP contribution in [0.15, 0.2) is 73.4 Å². The predicted octanol–water partition coefficient (Wildman–Crippen LogP) is 5.99. The third-order valence-corrected chi connectivity index (χ3v) is 6.64. The molecule has 0 aliphatic heterocycles. The average molecular weight is 657 g/mol. The third-order valence-electron chi connectivity index (χ3n) is 5.69. The summed E-state index contributed by atoms with van der Waals surface area (Å²) < 4.78 is 7.96. The number of nitrogens with zero attached hydrogens (tertiary/aromatic N) is 4. The maximum absolute atomic E-state index is 13.3. The summed E-state index contributed by atoms with van der Waals surface area (Å²) in [4.78, 5) is 41.7. The second kappa shape index (κ2) is 12.3. The highest BCUT2D eigenvalue weighted by Crippen LogP contribution is 2.34. The van der Waals surface area contributed by atoms with Crippen LogP contribution in [0.3, 0.4) is 0 Å². The van der Waals surface area contributed by atoms with Gasteiger partial charge in [0.15, 0.2) is 6.61 Å². The average Bonchev–Trinajstić information content (AvgIpc) is 2.89. The van der Waals surface area contributed by atoms with Crippen LogP contribution < -0.4 is 15.6 Å². The maximum atomic E-state index is 13.3. The highest BCUT2D eigenvalue weighted by Gasteiger charge is 2.22. The Bertz CT molecular complexity index is 1670. The highest BCUT2D eigenvalue weighted by atomic mass is 79.9. The molecule has 4 rings (SSSR count). The van der Waals surface area contributed by atoms with Crippen LogP contribution in [0.5, 0.6) is 5.75 Å². The van der Waals surface area contributed by atoms with Gasteiger partial charge in [-0.3, -0.25) is 19.7 Å². The van der Waals surface area contributed by atoms with Gasteiger partial charge in [0.1, 0.15) is 5.82 Å². The first-order chi connectivity index (χ1) is 18.7. The van der Waals surface area contributed by atoms with E-state index in [0.717, 1.165) is 16.5 Å². The van der Waals surface area contributed by atoms with Gasteiger partial charge in [-0.05, 0) is 49.2 Å². The van der Waals surface area contributed by atoms with E-state index in [0.29, 0.717) is 33.3 Å². The fraction of sp³-hybridized carbons (Fsp3) is 0.185. The number of ether oxygens (including phenoxy) is 1. The standard InChI is InChI=1S/C27H23Br2N5O5/c1-3-6-24-31-22-10-9-18(28)12-20(22)27(36)33(24)30-14-17-11-19(29)13-23(34(37)38)26(17)39-15-25(35)32-21-8-5-4-7-16(21)2/h4-5,7-14H,3,6,15H2,1-2H3,(H,32,35). The van der Waals surface area contributed by atoms with Gasteiger partial charge in [0.05, 0.1) is 22.0 Å². The molecular formula is C27H23Br2N5O5. The van der Waals surface area contributed by atoms with E-state index in [-0.39, 0.29) is 22.6 Å². The summed E-state index contributed by atoms with van der Waals surface area (Å²) in [5.74, 6) is -0.207. The van der Waals surface area contributed by atoms with Crippen molar-refractivity contribution in [2.75, 3.05) is 11.9 Å². The van der Waals surface area contributed by atoms with Crippen LogP contribution in [-0.4, -0.2) is 33.3 Å². The van der Waals surface area contributed by atoms with E-state index in [9.17, 15) is 19.7 Å². The summed E-state index contributed by atoms with van der Waals surface area (Å²) in [5.41, 5.74) is 1.46. The Morgan fingerprint density at radius 2 is 1.95 bits per heavy atom. The molecule has 0 radical (unpaired) electrons. The molecule has 0 aliphatic carbocycles. The number of hydrogen-bond acceptors (Lipinski definition) is 7. The first-order valence-corrected chi connectivity index (χ1v) is 13.5. The van der Waals surface area contributed by atoms with Gasteiger partial charge in [-0.2, -0.15) is 9.78 Å². The topological polar surface area (TPSA) is 129 Å². The summed E-state index contributed by atoms with van der Waals surface area (Å²) in [6.45, 7) is 3.32. The Morgan fingerprint density at radius 1 is 1.18 bits per heavy atom. The lowest BCUT2D eigenvalue weighted by Gasteiger charge is -2.12. The van der Waals surface area contributed by atoms with Gasteiger partial charge in [0.25, 0.3) is 11.5 Å². The van der Waals surface area contributed by atoms with Crippen molar-refractivity contribution in [2.45, 2.75) is 26.7 Å². The van der Waals surface area contributed by atoms with Crippen molar-refractivity contribution in [2.24, 2.45) is 5.10 Å². The van der Waals surface area contributed by atoms with E-state index in [1.807, 2.05) is 26.0 Å². The van der Waals surface area contributed by atoms with Crippen LogP contribution in [0.2, 0.25) is 0 Å². The predicted molar refractivity (Wildman–Crippen MR) is 157 cm³/mol. The molecule has 39 heavy (non-hydrogen) atoms. The van der Waals surface area contributed by atoms with Crippen molar-refractivity contribution in [3.8, 4) is 5.75 Å². The summed E-state index contributed by atoms with van der Waals surface area (Å²) in [6.07, 6.45) is 2.49. The number of carbonyl (C=O) groups excluding carboxylic acids is 1. The SMILES string of the molecule is CCCc1nc2ccc(Br)cc2c(=O)n1N=Cc1cc(Br)cc([N+](=O)[O-])c1OCC(=O)Nc1ccccc1C. The normalized spacial score (nSPS) is 11.2. The zero-order valence-electron chi connectivity index (χ0n) is 21.0. The third kappa shape index (κ3) is 6.58. The molecule has 0 fully saturated rings. The highest BCUT2D eigenvalue weighted by molar-refractivity contribution is 9.10. The van der Waals surface area contributed by atoms with E-state index in [1.165, 1.54) is 17.0 Å². The summed E-state index contributed by atoms with van der Waals surface area (Å²) in [7, 11) is 0. The summed E-state index contributed by atoms with van der Waals surface area (Å²) in [5, 5.41) is 19.3. The molecule has 4 aromatic rings. The maximum Gasteiger partial charge on any atom is 0.312 e. The number of carbonyl (C=O) groups is 1. The van der Waals surface area contributed by atoms with E-state index in [2.05, 4.69) is 47.3 Å². The number of nitro benzene ring substituents is 1. The summed E-state index contributed by atoms with van der Waals surface area (Å²) >= 11 is 6.66. The van der Waals surface area contributed by atoms with Gasteiger partial charge in [0, 0.05) is 32.7 Å². The smallest absolute Gasteiger partial charge is 0.312 e. The van der Waals surface area contributed by atoms with Gasteiger partial charge in [-0.15, -0.1) is 0 Å². The molecule has 1 amide bonds. The molecular weight excluding hydrogens is 634 g/mol. The van der Waals surface area contributed by atoms with Crippen molar-refractivity contribution in [3.63, 3.8) is 0 Å². The van der Waals surface area contributed by atoms with Crippen molar-refractivity contribution >= 4 is 66.3 Å². The van der Waals surface area contributed by atoms with E-state index >= 15 is 0 Å². The number of fused-ring (bicyclic) bond motifs is 1. The second-order valence-corrected chi connectivity index (χ2v) is 10.4. The van der Waals surface area contributed by atoms with Crippen molar-refractivity contribution in [3.05, 3.63) is 101 Å². The van der Waals surface area contributed by atoms with Crippen LogP contribution in [0, 0.1) is 17.0 Å². The fourth-order valence-electron chi connectivity index (χ4n) is 3.84. The number of aryl methyl sites for hydroxylation is 2. The Kier molecular flexibility index (Phi) is 8.87. The molecule has 0 bridgehead atoms. The first kappa shape index (κ1) is 28.1. The monoisotopic (exact) mass is 655 g/mol. The number of amides is 1. The molecule has 200 valence electrons. The number of para-hydroxylation sites is 1. The second-order valence-electron chi connectivity index (χ2n) is 8.55. The van der Waals surface area contributed by atoms with Crippen LogP contribution in [0.25, 0.3) is 10.9 Å². The number of halogens is 2. The Hall–Kier alpha value is -3.90. The quantitative estimate of drug-likeness (QED) is 0.134. The molecule has 12 heteroatoms. The minimum Gasteiger partial charge on any atom is -0.476 e. The number of anilines is 1. The number of benzene rings is 3. The molecule has 0 unspecified atom stereocenters. The number of aromatic nitrogens is 2. The Balaban J connectivity index is 1.72. The van der Waals surface area contributed by atoms with Gasteiger partial charge in [-0.25, -0.2) is 4.98 Å². The largest absolute Gasteiger partial charge is 0.476 e. The number of hydrogen-bond donors (Lipinski definition) is 1. The van der Waals surface area contributed by atoms with Crippen LogP contribution in [0.4, 0.5) is 11.4 Å². The molecule has 0 aliphatic rings. The van der Waals surface area contributed by atoms with E-state index in [4.69, 9.17) is 4.74 Å². The van der Waals surface area contributed by atoms with Crippen molar-refractivity contribution in [1.29, 1.82) is 0 Å². The minimum absolute atomic E-state index is 0.159. The van der Waals surface area contributed by atoms with Gasteiger partial charge >= 0.3 is 5.69 Å². The van der Waals surface area contributed by atoms with Crippen LogP contribution in [-0.2, 0) is 11.2 Å². The number of nitrogens with one attached hydrogen (secondary N) is 1. The van der Waals surface area contributed by atoms with Crippen LogP contribution >= 0.6 is 31.9 Å². The zero-order chi connectivity index (χ0) is 28.1. The lowest BCUT2D eigenvalue weighted by molar-refractivity contribution is -0.385. The molecule has 0 atom stereocenters. The number of nitro groups is 1. The molecule has 10 nitrogen and oxygen atoms in total. The Labute approximate surface area is 240 Å². The Morgan fingerprint density at radius 3 is 2.67 bits per heavy atom. The molecule has 0 spiro atoms. The van der Waals surface area contributed by atoms with Crippen molar-refractivity contribution < 1.29 is 14.5 Å². The van der Waals surface area contributed by atoms with Gasteiger partial charge < -0.3 is 10.1 Å². The minimum atomic E-state index is -0.611. The van der Waals surface area contributed by atoms with Gasteiger partial charge in [-0.1, -0.05) is 57.0 Å². The molecule has 0 saturated heterocycles. The molecule has 1 N–H and O–H groups in total. The van der Waals surface area contributed by atoms with E-state index in [1.54, 1.807) is 36.4 Å². The zero-order valence-corrected chi connectivity index (χ0v) is 24.2. The summed E-state index contributed by atoms with van der Waals surface area (Å²) in [6, 6.07) is 15.3. The molecule has 1 aromatic heterocycles. The fourth-order valence-corrected chi connectivity index (χ4v) is 4.67.